The van der Waals surface area contributed by atoms with Crippen molar-refractivity contribution in [3.63, 3.8) is 0 Å². The number of fused-ring (bicyclic) bond motifs is 4. The number of nitrogens with zero attached hydrogens (tertiary/aromatic N) is 1. The van der Waals surface area contributed by atoms with Gasteiger partial charge in [-0.3, -0.25) is 4.39 Å². The number of alkyl halides is 1. The summed E-state index contributed by atoms with van der Waals surface area (Å²) in [5.41, 5.74) is 5.18. The molecule has 5 heteroatoms. The van der Waals surface area contributed by atoms with Crippen molar-refractivity contribution in [1.29, 1.82) is 0 Å². The zero-order valence-corrected chi connectivity index (χ0v) is 27.5. The summed E-state index contributed by atoms with van der Waals surface area (Å²) in [6, 6.07) is 58.0. The molecule has 0 aromatic heterocycles. The van der Waals surface area contributed by atoms with E-state index >= 15 is 0 Å². The molecule has 0 aliphatic carbocycles. The minimum atomic E-state index is -1.00. The molecule has 0 atom stereocenters. The average molecular weight is 680 g/mol. The molecule has 1 radical (unpaired) electrons. The van der Waals surface area contributed by atoms with Crippen LogP contribution in [0.2, 0.25) is 0 Å². The average Bonchev–Trinajstić information content (AvgIpc) is 3.12. The fourth-order valence-corrected chi connectivity index (χ4v) is 6.61. The van der Waals surface area contributed by atoms with E-state index in [1.165, 1.54) is 69.8 Å². The van der Waals surface area contributed by atoms with Gasteiger partial charge in [-0.15, -0.1) is 0 Å². The van der Waals surface area contributed by atoms with Gasteiger partial charge < -0.3 is 0 Å². The van der Waals surface area contributed by atoms with Gasteiger partial charge in [0.1, 0.15) is 0 Å². The summed E-state index contributed by atoms with van der Waals surface area (Å²) < 4.78 is 19.4. The van der Waals surface area contributed by atoms with Crippen LogP contribution >= 0.6 is 28.7 Å². The maximum atomic E-state index is 9.96. The fourth-order valence-electron chi connectivity index (χ4n) is 5.92. The zero-order valence-electron chi connectivity index (χ0n) is 26.0. The van der Waals surface area contributed by atoms with Crippen molar-refractivity contribution in [2.24, 2.45) is 4.30 Å². The minimum absolute atomic E-state index is 1.00. The number of thiol groups is 1. The summed E-state index contributed by atoms with van der Waals surface area (Å²) in [5.74, 6) is 0. The molecule has 8 aromatic rings. The van der Waals surface area contributed by atoms with E-state index in [4.69, 9.17) is 1.37 Å². The van der Waals surface area contributed by atoms with Gasteiger partial charge in [0.25, 0.3) is 0 Å². The molecular weight excluding hydrogens is 648 g/mol. The predicted molar refractivity (Wildman–Crippen MR) is 206 cm³/mol. The van der Waals surface area contributed by atoms with Gasteiger partial charge in [-0.1, -0.05) is 158 Å². The Morgan fingerprint density at radius 3 is 1.20 bits per heavy atom. The van der Waals surface area contributed by atoms with Crippen LogP contribution in [0.5, 0.6) is 0 Å². The number of rotatable bonds is 2. The van der Waals surface area contributed by atoms with Crippen LogP contribution in [0.4, 0.5) is 4.39 Å². The van der Waals surface area contributed by atoms with Crippen LogP contribution in [0, 0.1) is 0 Å². The number of benzene rings is 8. The van der Waals surface area contributed by atoms with Gasteiger partial charge >= 0.3 is 24.8 Å². The van der Waals surface area contributed by atoms with Crippen LogP contribution < -0.4 is 0 Å². The van der Waals surface area contributed by atoms with Crippen molar-refractivity contribution in [3.05, 3.63) is 168 Å². The third-order valence-corrected chi connectivity index (χ3v) is 8.62. The van der Waals surface area contributed by atoms with E-state index in [9.17, 15) is 4.39 Å². The smallest absolute Gasteiger partial charge is 0.00268 e. The molecule has 0 aliphatic rings. The Morgan fingerprint density at radius 2 is 0.804 bits per heavy atom. The van der Waals surface area contributed by atoms with Crippen molar-refractivity contribution < 1.29 is 5.76 Å². The molecule has 0 fully saturated rings. The number of halogens is 2. The Morgan fingerprint density at radius 1 is 0.522 bits per heavy atom. The molecule has 46 heavy (non-hydrogen) atoms. The summed E-state index contributed by atoms with van der Waals surface area (Å²) in [4.78, 5) is 0. The molecule has 0 spiro atoms. The Kier molecular flexibility index (Phi) is 11.0. The van der Waals surface area contributed by atoms with Gasteiger partial charge in [-0.25, -0.2) is 0 Å². The van der Waals surface area contributed by atoms with Crippen molar-refractivity contribution in [3.8, 4) is 22.3 Å². The molecular formula is C41H31BBrFNS. The molecule has 223 valence electrons. The Balaban J connectivity index is 0.000000159. The maximum absolute atomic E-state index is 9.96. The van der Waals surface area contributed by atoms with Gasteiger partial charge in [0.2, 0.25) is 0 Å². The number of hydrogen-bond acceptors (Lipinski definition) is 2. The molecule has 0 aliphatic heterocycles. The molecule has 1 nitrogen and oxygen atoms in total. The molecule has 0 saturated heterocycles. The summed E-state index contributed by atoms with van der Waals surface area (Å²) in [5, 5.41) is 10.3. The molecule has 0 bridgehead atoms. The number of hydrogen-bond donors (Lipinski definition) is 1. The second kappa shape index (κ2) is 16.1. The van der Waals surface area contributed by atoms with Gasteiger partial charge in [0.15, 0.2) is 0 Å². The topological polar surface area (TPSA) is 12.4 Å². The Bertz CT molecular complexity index is 2140. The van der Waals surface area contributed by atoms with Crippen molar-refractivity contribution in [1.82, 2.24) is 0 Å². The second-order valence-electron chi connectivity index (χ2n) is 10.3. The molecule has 8 aromatic carbocycles. The largest absolute Gasteiger partial charge is 0.0622 e. The monoisotopic (exact) mass is 679 g/mol. The first kappa shape index (κ1) is 31.4. The predicted octanol–water partition coefficient (Wildman–Crippen LogP) is 12.9. The first-order valence-electron chi connectivity index (χ1n) is 15.3. The first-order chi connectivity index (χ1) is 23.1. The van der Waals surface area contributed by atoms with Crippen LogP contribution in [0.25, 0.3) is 65.3 Å². The van der Waals surface area contributed by atoms with Crippen LogP contribution in [-0.4, -0.2) is 14.8 Å². The van der Waals surface area contributed by atoms with E-state index in [-0.39, 0.29) is 0 Å². The molecule has 0 unspecified atom stereocenters. The first-order valence-corrected chi connectivity index (χ1v) is 15.8. The summed E-state index contributed by atoms with van der Waals surface area (Å²) in [6.07, 6.45) is 0. The SMILES string of the molecule is Brc1c2ccccc2c(-c2ccccc2)c2ccccc12.[2H]CF.[B]=NS.c1ccc(-c2c3ccccc3cc3ccccc23)cc1. The molecule has 0 saturated carbocycles. The van der Waals surface area contributed by atoms with Gasteiger partial charge in [0, 0.05) is 4.47 Å². The van der Waals surface area contributed by atoms with E-state index in [1.807, 2.05) is 0 Å². The quantitative estimate of drug-likeness (QED) is 0.106. The second-order valence-corrected chi connectivity index (χ2v) is 11.3. The van der Waals surface area contributed by atoms with E-state index in [2.05, 4.69) is 204 Å². The summed E-state index contributed by atoms with van der Waals surface area (Å²) in [6.45, 7) is 0. The van der Waals surface area contributed by atoms with Crippen molar-refractivity contribution in [2.75, 3.05) is 7.15 Å². The van der Waals surface area contributed by atoms with Crippen LogP contribution in [0.1, 0.15) is 1.37 Å². The minimum Gasteiger partial charge on any atom is -0.0622 e. The van der Waals surface area contributed by atoms with Crippen LogP contribution in [-0.2, 0) is 0 Å². The fraction of sp³-hybridized carbons (Fsp3) is 0.0244. The molecule has 0 N–H and O–H groups in total. The standard InChI is InChI=1S/C20H13Br.C20H14.CH3F.BHNS/c21-20-17-12-6-4-10-15(17)19(14-8-2-1-3-9-14)16-11-5-7-13-18(16)20;1-2-8-15(9-3-1)20-18-12-6-4-10-16(18)14-17-11-5-7-13-19(17)20;1-2;1-2-3/h1-13H;1-14H;1H3;3H/i;;1D;. The van der Waals surface area contributed by atoms with Gasteiger partial charge in [-0.2, -0.15) is 0 Å². The maximum Gasteiger partial charge on any atom is -0.00268 e. The molecule has 0 amide bonds. The van der Waals surface area contributed by atoms with E-state index in [0.29, 0.717) is 0 Å². The van der Waals surface area contributed by atoms with Gasteiger partial charge in [-0.05, 0) is 87.3 Å². The third-order valence-electron chi connectivity index (χ3n) is 7.76. The van der Waals surface area contributed by atoms with E-state index in [0.717, 1.165) is 0 Å². The Hall–Kier alpha value is -4.58. The summed E-state index contributed by atoms with van der Waals surface area (Å²) >= 11 is 6.98. The van der Waals surface area contributed by atoms with Crippen molar-refractivity contribution in [2.45, 2.75) is 0 Å². The molecule has 8 rings (SSSR count). The van der Waals surface area contributed by atoms with E-state index in [1.54, 1.807) is 0 Å². The Labute approximate surface area is 285 Å². The van der Waals surface area contributed by atoms with Crippen LogP contribution in [0.15, 0.2) is 173 Å². The zero-order chi connectivity index (χ0) is 33.0. The van der Waals surface area contributed by atoms with Crippen LogP contribution in [0.3, 0.4) is 0 Å². The normalized spacial score (nSPS) is 10.5. The third kappa shape index (κ3) is 6.96. The van der Waals surface area contributed by atoms with Crippen molar-refractivity contribution >= 4 is 79.5 Å². The van der Waals surface area contributed by atoms with Gasteiger partial charge in [0.05, 0.1) is 8.52 Å². The summed E-state index contributed by atoms with van der Waals surface area (Å²) in [7, 11) is 3.34. The molecule has 0 heterocycles. The van der Waals surface area contributed by atoms with E-state index < -0.39 is 7.15 Å².